The van der Waals surface area contributed by atoms with Crippen LogP contribution in [0.4, 0.5) is 0 Å². The van der Waals surface area contributed by atoms with E-state index < -0.39 is 0 Å². The van der Waals surface area contributed by atoms with E-state index in [0.717, 1.165) is 29.4 Å². The van der Waals surface area contributed by atoms with Crippen LogP contribution in [0.5, 0.6) is 0 Å². The molecule has 1 aromatic rings. The topological polar surface area (TPSA) is 0 Å². The number of unbranched alkanes of at least 4 members (excludes halogenated alkanes) is 1. The van der Waals surface area contributed by atoms with Crippen LogP contribution in [0.2, 0.25) is 5.02 Å². The molecule has 0 nitrogen and oxygen atoms in total. The Morgan fingerprint density at radius 1 is 1.36 bits per heavy atom. The number of terminal acetylenes is 1. The molecular formula is C12H13ClS. The van der Waals surface area contributed by atoms with Crippen LogP contribution < -0.4 is 0 Å². The summed E-state index contributed by atoms with van der Waals surface area (Å²) in [5, 5.41) is 0.858. The molecule has 0 aliphatic carbocycles. The minimum absolute atomic E-state index is 0.858. The van der Waals surface area contributed by atoms with Crippen molar-refractivity contribution in [1.29, 1.82) is 0 Å². The third-order valence-electron chi connectivity index (χ3n) is 1.83. The maximum atomic E-state index is 6.02. The monoisotopic (exact) mass is 224 g/mol. The standard InChI is InChI=1S/C12H13ClS/c1-2-3-6-9-14-10-11-7-4-5-8-12(11)13/h1,4-5,7-8H,3,6,9-10H2. The summed E-state index contributed by atoms with van der Waals surface area (Å²) in [5.41, 5.74) is 1.21. The summed E-state index contributed by atoms with van der Waals surface area (Å²) in [4.78, 5) is 0. The molecule has 0 aliphatic rings. The fourth-order valence-corrected chi connectivity index (χ4v) is 2.32. The minimum Gasteiger partial charge on any atom is -0.157 e. The molecule has 0 saturated heterocycles. The first kappa shape index (κ1) is 11.5. The average Bonchev–Trinajstić information content (AvgIpc) is 2.20. The van der Waals surface area contributed by atoms with Gasteiger partial charge in [0.2, 0.25) is 0 Å². The van der Waals surface area contributed by atoms with Crippen molar-refractivity contribution in [2.24, 2.45) is 0 Å². The Kier molecular flexibility index (Phi) is 5.59. The molecule has 1 aromatic carbocycles. The maximum absolute atomic E-state index is 6.02. The quantitative estimate of drug-likeness (QED) is 0.539. The Bertz CT molecular complexity index is 314. The first-order valence-corrected chi connectivity index (χ1v) is 6.12. The Morgan fingerprint density at radius 3 is 2.86 bits per heavy atom. The van der Waals surface area contributed by atoms with Gasteiger partial charge in [0.15, 0.2) is 0 Å². The highest BCUT2D eigenvalue weighted by atomic mass is 35.5. The summed E-state index contributed by atoms with van der Waals surface area (Å²) < 4.78 is 0. The van der Waals surface area contributed by atoms with Crippen LogP contribution in [0.3, 0.4) is 0 Å². The minimum atomic E-state index is 0.858. The number of hydrogen-bond donors (Lipinski definition) is 0. The van der Waals surface area contributed by atoms with Gasteiger partial charge in [-0.15, -0.1) is 12.3 Å². The second-order valence-corrected chi connectivity index (χ2v) is 4.46. The molecule has 0 N–H and O–H groups in total. The van der Waals surface area contributed by atoms with Crippen LogP contribution in [0.25, 0.3) is 0 Å². The van der Waals surface area contributed by atoms with E-state index in [4.69, 9.17) is 18.0 Å². The molecule has 0 amide bonds. The highest BCUT2D eigenvalue weighted by Crippen LogP contribution is 2.21. The predicted octanol–water partition coefficient (Wildman–Crippen LogP) is 3.99. The van der Waals surface area contributed by atoms with Crippen molar-refractivity contribution in [3.63, 3.8) is 0 Å². The molecule has 74 valence electrons. The Morgan fingerprint density at radius 2 is 2.14 bits per heavy atom. The molecule has 0 unspecified atom stereocenters. The SMILES string of the molecule is C#CCCCSCc1ccccc1Cl. The van der Waals surface area contributed by atoms with Crippen LogP contribution >= 0.6 is 23.4 Å². The van der Waals surface area contributed by atoms with E-state index in [0.29, 0.717) is 0 Å². The molecule has 0 fully saturated rings. The van der Waals surface area contributed by atoms with E-state index in [1.54, 1.807) is 0 Å². The number of halogens is 1. The number of rotatable bonds is 5. The molecule has 0 saturated carbocycles. The molecular weight excluding hydrogens is 212 g/mol. The van der Waals surface area contributed by atoms with Crippen molar-refractivity contribution in [3.05, 3.63) is 34.9 Å². The van der Waals surface area contributed by atoms with Gasteiger partial charge in [-0.25, -0.2) is 0 Å². The van der Waals surface area contributed by atoms with E-state index in [1.165, 1.54) is 5.56 Å². The van der Waals surface area contributed by atoms with Gasteiger partial charge in [0, 0.05) is 17.2 Å². The van der Waals surface area contributed by atoms with Crippen molar-refractivity contribution >= 4 is 23.4 Å². The lowest BCUT2D eigenvalue weighted by Gasteiger charge is -2.02. The number of hydrogen-bond acceptors (Lipinski definition) is 1. The largest absolute Gasteiger partial charge is 0.157 e. The second-order valence-electron chi connectivity index (χ2n) is 2.95. The molecule has 0 spiro atoms. The summed E-state index contributed by atoms with van der Waals surface area (Å²) in [5.74, 6) is 4.72. The number of thioether (sulfide) groups is 1. The maximum Gasteiger partial charge on any atom is 0.0446 e. The van der Waals surface area contributed by atoms with Gasteiger partial charge in [-0.2, -0.15) is 11.8 Å². The smallest absolute Gasteiger partial charge is 0.0446 e. The first-order valence-electron chi connectivity index (χ1n) is 4.59. The lowest BCUT2D eigenvalue weighted by molar-refractivity contribution is 0.997. The Balaban J connectivity index is 2.25. The van der Waals surface area contributed by atoms with Gasteiger partial charge in [-0.3, -0.25) is 0 Å². The van der Waals surface area contributed by atoms with Crippen molar-refractivity contribution in [2.45, 2.75) is 18.6 Å². The van der Waals surface area contributed by atoms with E-state index in [9.17, 15) is 0 Å². The Labute approximate surface area is 95.0 Å². The fourth-order valence-electron chi connectivity index (χ4n) is 1.07. The van der Waals surface area contributed by atoms with Crippen molar-refractivity contribution < 1.29 is 0 Å². The molecule has 14 heavy (non-hydrogen) atoms. The first-order chi connectivity index (χ1) is 6.84. The van der Waals surface area contributed by atoms with Crippen LogP contribution in [0.15, 0.2) is 24.3 Å². The highest BCUT2D eigenvalue weighted by Gasteiger charge is 1.97. The third kappa shape index (κ3) is 4.09. The van der Waals surface area contributed by atoms with Crippen molar-refractivity contribution in [2.75, 3.05) is 5.75 Å². The zero-order valence-electron chi connectivity index (χ0n) is 8.00. The summed E-state index contributed by atoms with van der Waals surface area (Å²) in [6.45, 7) is 0. The average molecular weight is 225 g/mol. The van der Waals surface area contributed by atoms with Crippen molar-refractivity contribution in [1.82, 2.24) is 0 Å². The highest BCUT2D eigenvalue weighted by molar-refractivity contribution is 7.98. The molecule has 0 bridgehead atoms. The molecule has 1 rings (SSSR count). The van der Waals surface area contributed by atoms with Gasteiger partial charge in [0.1, 0.15) is 0 Å². The summed E-state index contributed by atoms with van der Waals surface area (Å²) in [6, 6.07) is 7.97. The van der Waals surface area contributed by atoms with Gasteiger partial charge in [-0.05, 0) is 23.8 Å². The lowest BCUT2D eigenvalue weighted by atomic mass is 10.2. The van der Waals surface area contributed by atoms with Crippen LogP contribution in [-0.2, 0) is 5.75 Å². The van der Waals surface area contributed by atoms with E-state index in [2.05, 4.69) is 12.0 Å². The van der Waals surface area contributed by atoms with Crippen LogP contribution in [0, 0.1) is 12.3 Å². The van der Waals surface area contributed by atoms with Gasteiger partial charge in [0.05, 0.1) is 0 Å². The summed E-state index contributed by atoms with van der Waals surface area (Å²) >= 11 is 7.90. The molecule has 0 atom stereocenters. The van der Waals surface area contributed by atoms with Gasteiger partial charge >= 0.3 is 0 Å². The van der Waals surface area contributed by atoms with Gasteiger partial charge in [-0.1, -0.05) is 29.8 Å². The third-order valence-corrected chi connectivity index (χ3v) is 3.29. The van der Waals surface area contributed by atoms with Crippen LogP contribution in [-0.4, -0.2) is 5.75 Å². The van der Waals surface area contributed by atoms with Gasteiger partial charge < -0.3 is 0 Å². The van der Waals surface area contributed by atoms with E-state index >= 15 is 0 Å². The van der Waals surface area contributed by atoms with E-state index in [1.807, 2.05) is 30.0 Å². The molecule has 0 heterocycles. The van der Waals surface area contributed by atoms with Gasteiger partial charge in [0.25, 0.3) is 0 Å². The number of benzene rings is 1. The Hall–Kier alpha value is -0.580. The zero-order chi connectivity index (χ0) is 10.2. The zero-order valence-corrected chi connectivity index (χ0v) is 9.57. The van der Waals surface area contributed by atoms with Crippen molar-refractivity contribution in [3.8, 4) is 12.3 Å². The lowest BCUT2D eigenvalue weighted by Crippen LogP contribution is -1.84. The molecule has 2 heteroatoms. The predicted molar refractivity (Wildman–Crippen MR) is 65.7 cm³/mol. The summed E-state index contributed by atoms with van der Waals surface area (Å²) in [6.07, 6.45) is 7.13. The molecule has 0 radical (unpaired) electrons. The van der Waals surface area contributed by atoms with E-state index in [-0.39, 0.29) is 0 Å². The summed E-state index contributed by atoms with van der Waals surface area (Å²) in [7, 11) is 0. The normalized spacial score (nSPS) is 9.71. The molecule has 0 aromatic heterocycles. The second kappa shape index (κ2) is 6.81. The molecule has 0 aliphatic heterocycles. The fraction of sp³-hybridized carbons (Fsp3) is 0.333. The van der Waals surface area contributed by atoms with Crippen LogP contribution in [0.1, 0.15) is 18.4 Å².